The Morgan fingerprint density at radius 1 is 0.930 bits per heavy atom. The van der Waals surface area contributed by atoms with Crippen LogP contribution in [0.2, 0.25) is 0 Å². The monoisotopic (exact) mass is 619 g/mol. The van der Waals surface area contributed by atoms with Crippen molar-refractivity contribution in [2.75, 3.05) is 0 Å². The maximum absolute atomic E-state index is 13.9. The van der Waals surface area contributed by atoms with Crippen molar-refractivity contribution in [2.45, 2.75) is 55.8 Å². The first kappa shape index (κ1) is 30.5. The Balaban J connectivity index is 1.29. The predicted molar refractivity (Wildman–Crippen MR) is 167 cm³/mol. The summed E-state index contributed by atoms with van der Waals surface area (Å²) in [6.07, 6.45) is -0.857. The summed E-state index contributed by atoms with van der Waals surface area (Å²) < 4.78 is 15.4. The third-order valence-corrected chi connectivity index (χ3v) is 10.0. The van der Waals surface area contributed by atoms with Gasteiger partial charge >= 0.3 is 12.1 Å². The normalized spacial score (nSPS) is 22.5. The summed E-state index contributed by atoms with van der Waals surface area (Å²) in [7, 11) is 0. The van der Waals surface area contributed by atoms with Crippen LogP contribution in [0.25, 0.3) is 0 Å². The van der Waals surface area contributed by atoms with Crippen LogP contribution in [0.3, 0.4) is 0 Å². The first-order chi connectivity index (χ1) is 20.5. The van der Waals surface area contributed by atoms with Gasteiger partial charge in [-0.2, -0.15) is 0 Å². The zero-order valence-electron chi connectivity index (χ0n) is 24.0. The highest BCUT2D eigenvalue weighted by Crippen LogP contribution is 2.58. The average molecular weight is 620 g/mol. The van der Waals surface area contributed by atoms with Crippen LogP contribution >= 0.6 is 24.0 Å². The van der Waals surface area contributed by atoms with Crippen LogP contribution < -0.4 is 15.8 Å². The van der Waals surface area contributed by atoms with Crippen molar-refractivity contribution in [3.8, 4) is 5.75 Å². The lowest BCUT2D eigenvalue weighted by molar-refractivity contribution is -0.165. The van der Waals surface area contributed by atoms with Gasteiger partial charge in [0.15, 0.2) is 0 Å². The number of rotatable bonds is 9. The Kier molecular flexibility index (Phi) is 8.77. The van der Waals surface area contributed by atoms with E-state index in [0.717, 1.165) is 11.1 Å². The van der Waals surface area contributed by atoms with E-state index in [2.05, 4.69) is 5.32 Å². The van der Waals surface area contributed by atoms with Gasteiger partial charge in [0.2, 0.25) is 11.6 Å². The summed E-state index contributed by atoms with van der Waals surface area (Å²) in [6.45, 7) is 5.91. The fourth-order valence-corrected chi connectivity index (χ4v) is 7.47. The molecule has 43 heavy (non-hydrogen) atoms. The van der Waals surface area contributed by atoms with E-state index in [1.165, 1.54) is 12.1 Å². The molecule has 2 fully saturated rings. The van der Waals surface area contributed by atoms with E-state index in [9.17, 15) is 14.4 Å². The number of amides is 1. The predicted octanol–water partition coefficient (Wildman–Crippen LogP) is 5.09. The minimum Gasteiger partial charge on any atom is -0.458 e. The van der Waals surface area contributed by atoms with Crippen molar-refractivity contribution in [3.63, 3.8) is 0 Å². The summed E-state index contributed by atoms with van der Waals surface area (Å²) >= 11 is 7.24. The van der Waals surface area contributed by atoms with E-state index in [-0.39, 0.29) is 30.3 Å². The Labute approximate surface area is 260 Å². The van der Waals surface area contributed by atoms with Crippen LogP contribution in [0.5, 0.6) is 5.75 Å². The second kappa shape index (κ2) is 12.4. The van der Waals surface area contributed by atoms with Gasteiger partial charge in [0.25, 0.3) is 0 Å². The highest BCUT2D eigenvalue weighted by molar-refractivity contribution is 8.02. The molecule has 9 nitrogen and oxygen atoms in total. The topological polar surface area (TPSA) is 120 Å². The lowest BCUT2D eigenvalue weighted by Gasteiger charge is -2.52. The number of hydrogen-bond donors (Lipinski definition) is 2. The number of fused-ring (bicyclic) bond motifs is 1. The van der Waals surface area contributed by atoms with Crippen LogP contribution in [0, 0.1) is 5.92 Å². The van der Waals surface area contributed by atoms with Crippen LogP contribution in [0.1, 0.15) is 43.5 Å². The lowest BCUT2D eigenvalue weighted by Crippen LogP contribution is -2.77. The number of nitrogens with one attached hydrogen (secondary N) is 1. The molecule has 1 amide bonds. The van der Waals surface area contributed by atoms with E-state index in [1.807, 2.05) is 81.4 Å². The Bertz CT molecular complexity index is 1500. The molecular formula is C32H33N3O6S2. The number of carbonyl (C=O) groups is 3. The summed E-state index contributed by atoms with van der Waals surface area (Å²) in [5.74, 6) is -0.903. The molecule has 2 heterocycles. The number of nitrogens with two attached hydrogens (primary N) is 1. The van der Waals surface area contributed by atoms with Crippen molar-refractivity contribution in [3.05, 3.63) is 102 Å². The van der Waals surface area contributed by atoms with Gasteiger partial charge < -0.3 is 30.2 Å². The smallest absolute Gasteiger partial charge is 0.458 e. The van der Waals surface area contributed by atoms with Gasteiger partial charge in [-0.25, -0.2) is 9.59 Å². The Morgan fingerprint density at radius 3 is 2.07 bits per heavy atom. The summed E-state index contributed by atoms with van der Waals surface area (Å²) in [5.41, 5.74) is 6.93. The second-order valence-corrected chi connectivity index (χ2v) is 13.1. The molecule has 0 radical (unpaired) electrons. The van der Waals surface area contributed by atoms with Crippen LogP contribution in [0.15, 0.2) is 84.9 Å². The van der Waals surface area contributed by atoms with E-state index in [1.54, 1.807) is 28.8 Å². The lowest BCUT2D eigenvalue weighted by atomic mass is 9.86. The first-order valence-corrected chi connectivity index (χ1v) is 15.1. The molecule has 3 aromatic carbocycles. The molecule has 0 aliphatic carbocycles. The number of nitrogens with zero attached hydrogens (tertiary/aromatic N) is 1. The molecule has 4 atom stereocenters. The van der Waals surface area contributed by atoms with Gasteiger partial charge in [0, 0.05) is 5.92 Å². The van der Waals surface area contributed by atoms with Gasteiger partial charge in [-0.15, -0.1) is 11.8 Å². The van der Waals surface area contributed by atoms with Crippen LogP contribution in [-0.2, 0) is 32.3 Å². The molecule has 0 saturated carbocycles. The molecule has 2 aliphatic heterocycles. The summed E-state index contributed by atoms with van der Waals surface area (Å²) in [4.78, 5) is 42.1. The van der Waals surface area contributed by atoms with E-state index >= 15 is 0 Å². The number of thiocarbonyl (C=S) groups is 1. The molecule has 0 spiro atoms. The number of hydrogen-bond acceptors (Lipinski definition) is 9. The van der Waals surface area contributed by atoms with Crippen molar-refractivity contribution < 1.29 is 28.6 Å². The third kappa shape index (κ3) is 5.97. The molecule has 1 unspecified atom stereocenters. The fourth-order valence-electron chi connectivity index (χ4n) is 5.22. The molecular weight excluding hydrogens is 587 g/mol. The van der Waals surface area contributed by atoms with E-state index in [4.69, 9.17) is 32.2 Å². The standard InChI is InChI=1S/C32H33N3O6S2/c1-20-27(42)35-28(20)43-31(2,3)32(35,29(37)39-18-21-10-6-4-7-11-21)34-26(36)25(33)23-14-16-24(17-15-23)41-30(38)40-19-22-12-8-5-9-13-22/h4-17,20,25,28H,18-19,33H2,1-3H3,(H,34,36)/t20-,25?,28-,32+/m1/s1. The minimum atomic E-state index is -1.57. The van der Waals surface area contributed by atoms with Crippen LogP contribution in [0.4, 0.5) is 4.79 Å². The minimum absolute atomic E-state index is 0.0418. The van der Waals surface area contributed by atoms with Gasteiger partial charge in [-0.3, -0.25) is 4.79 Å². The fraction of sp³-hybridized carbons (Fsp3) is 0.312. The Hall–Kier alpha value is -3.93. The number of ether oxygens (including phenoxy) is 3. The van der Waals surface area contributed by atoms with Crippen molar-refractivity contribution in [2.24, 2.45) is 11.7 Å². The molecule has 11 heteroatoms. The molecule has 0 aromatic heterocycles. The number of esters is 1. The molecule has 224 valence electrons. The zero-order chi connectivity index (χ0) is 30.8. The maximum Gasteiger partial charge on any atom is 0.514 e. The van der Waals surface area contributed by atoms with Gasteiger partial charge in [0.1, 0.15) is 25.0 Å². The maximum atomic E-state index is 13.9. The van der Waals surface area contributed by atoms with Gasteiger partial charge in [-0.1, -0.05) is 91.9 Å². The molecule has 3 aromatic rings. The van der Waals surface area contributed by atoms with Crippen molar-refractivity contribution in [1.82, 2.24) is 10.2 Å². The summed E-state index contributed by atoms with van der Waals surface area (Å²) in [6, 6.07) is 23.6. The van der Waals surface area contributed by atoms with Crippen molar-refractivity contribution in [1.29, 1.82) is 0 Å². The van der Waals surface area contributed by atoms with Gasteiger partial charge in [-0.05, 0) is 42.7 Å². The zero-order valence-corrected chi connectivity index (χ0v) is 25.7. The van der Waals surface area contributed by atoms with E-state index < -0.39 is 34.5 Å². The Morgan fingerprint density at radius 2 is 1.49 bits per heavy atom. The highest BCUT2D eigenvalue weighted by atomic mass is 32.2. The molecule has 3 N–H and O–H groups in total. The third-order valence-electron chi connectivity index (χ3n) is 7.69. The van der Waals surface area contributed by atoms with Crippen LogP contribution in [-0.4, -0.2) is 43.7 Å². The summed E-state index contributed by atoms with van der Waals surface area (Å²) in [5, 5.41) is 2.86. The van der Waals surface area contributed by atoms with Crippen molar-refractivity contribution >= 4 is 47.0 Å². The molecule has 5 rings (SSSR count). The molecule has 2 saturated heterocycles. The first-order valence-electron chi connectivity index (χ1n) is 13.8. The highest BCUT2D eigenvalue weighted by Gasteiger charge is 2.71. The molecule has 0 bridgehead atoms. The SMILES string of the molecule is C[C@@H]1C(=S)N2[C@@H]1SC(C)(C)[C@]2(NC(=O)C(N)c1ccc(OC(=O)OCc2ccccc2)cc1)C(=O)OCc1ccccc1. The largest absolute Gasteiger partial charge is 0.514 e. The quantitative estimate of drug-likeness (QED) is 0.190. The molecule has 2 aliphatic rings. The average Bonchev–Trinajstić information content (AvgIpc) is 3.24. The number of benzene rings is 3. The second-order valence-electron chi connectivity index (χ2n) is 11.0. The number of thioether (sulfide) groups is 1. The van der Waals surface area contributed by atoms with E-state index in [0.29, 0.717) is 10.6 Å². The van der Waals surface area contributed by atoms with Gasteiger partial charge in [0.05, 0.1) is 15.1 Å². The number of carbonyl (C=O) groups excluding carboxylic acids is 3.